The molecule has 1 aromatic heterocycles. The average molecular weight is 541 g/mol. The number of fused-ring (bicyclic) bond motifs is 2. The van der Waals surface area contributed by atoms with Crippen LogP contribution in [-0.2, 0) is 24.8 Å². The molecule has 2 aliphatic heterocycles. The number of nitrogens with zero attached hydrogens (tertiary/aromatic N) is 4. The van der Waals surface area contributed by atoms with Crippen molar-refractivity contribution < 1.29 is 9.59 Å². The van der Waals surface area contributed by atoms with Gasteiger partial charge in [-0.15, -0.1) is 0 Å². The van der Waals surface area contributed by atoms with Crippen molar-refractivity contribution in [3.63, 3.8) is 0 Å². The first-order valence-corrected chi connectivity index (χ1v) is 14.8. The molecule has 2 N–H and O–H groups in total. The van der Waals surface area contributed by atoms with Crippen LogP contribution in [0.25, 0.3) is 0 Å². The summed E-state index contributed by atoms with van der Waals surface area (Å²) in [7, 11) is 1.90. The monoisotopic (exact) mass is 540 g/mol. The number of para-hydroxylation sites is 2. The Morgan fingerprint density at radius 2 is 1.77 bits per heavy atom. The first kappa shape index (κ1) is 26.6. The van der Waals surface area contributed by atoms with Gasteiger partial charge in [0.1, 0.15) is 5.82 Å². The van der Waals surface area contributed by atoms with E-state index in [2.05, 4.69) is 15.7 Å². The van der Waals surface area contributed by atoms with Gasteiger partial charge < -0.3 is 20.4 Å². The predicted molar refractivity (Wildman–Crippen MR) is 158 cm³/mol. The summed E-state index contributed by atoms with van der Waals surface area (Å²) in [5.41, 5.74) is 5.50. The minimum atomic E-state index is -0.0502. The van der Waals surface area contributed by atoms with Crippen LogP contribution < -0.4 is 15.5 Å². The van der Waals surface area contributed by atoms with Crippen molar-refractivity contribution in [2.75, 3.05) is 23.3 Å². The number of piperidine rings is 1. The fourth-order valence-corrected chi connectivity index (χ4v) is 6.53. The van der Waals surface area contributed by atoms with Crippen LogP contribution in [0, 0.1) is 6.92 Å². The Kier molecular flexibility index (Phi) is 7.61. The highest BCUT2D eigenvalue weighted by atomic mass is 16.2. The van der Waals surface area contributed by atoms with Crippen LogP contribution >= 0.6 is 0 Å². The highest BCUT2D eigenvalue weighted by Crippen LogP contribution is 2.36. The zero-order valence-corrected chi connectivity index (χ0v) is 23.7. The first-order valence-electron chi connectivity index (χ1n) is 14.8. The summed E-state index contributed by atoms with van der Waals surface area (Å²) in [4.78, 5) is 30.7. The number of hydrogen-bond donors (Lipinski definition) is 2. The molecule has 1 saturated carbocycles. The van der Waals surface area contributed by atoms with E-state index in [1.54, 1.807) is 4.68 Å². The maximum Gasteiger partial charge on any atom is 0.258 e. The van der Waals surface area contributed by atoms with Crippen molar-refractivity contribution in [2.24, 2.45) is 7.05 Å². The highest BCUT2D eigenvalue weighted by Gasteiger charge is 2.28. The molecule has 0 radical (unpaired) electrons. The van der Waals surface area contributed by atoms with E-state index >= 15 is 0 Å². The van der Waals surface area contributed by atoms with E-state index in [1.807, 2.05) is 72.4 Å². The Bertz CT molecular complexity index is 1380. The Labute approximate surface area is 236 Å². The molecule has 2 aromatic carbocycles. The summed E-state index contributed by atoms with van der Waals surface area (Å²) >= 11 is 0. The summed E-state index contributed by atoms with van der Waals surface area (Å²) in [6, 6.07) is 15.0. The van der Waals surface area contributed by atoms with Gasteiger partial charge in [0.05, 0.1) is 24.1 Å². The molecule has 210 valence electrons. The van der Waals surface area contributed by atoms with E-state index in [1.165, 1.54) is 25.7 Å². The SMILES string of the molecule is Cc1cc(C(=O)N2Cc3cnn(C)c3Nc3ccccc32)ccc1CCC(=O)N1CCC(NC2CCCC2)CC1. The molecule has 3 heterocycles. The fourth-order valence-electron chi connectivity index (χ4n) is 6.53. The molecule has 40 heavy (non-hydrogen) atoms. The van der Waals surface area contributed by atoms with Crippen molar-refractivity contribution in [2.45, 2.75) is 76.9 Å². The number of carbonyl (C=O) groups is 2. The summed E-state index contributed by atoms with van der Waals surface area (Å²) in [5.74, 6) is 1.08. The number of hydrogen-bond acceptors (Lipinski definition) is 5. The predicted octanol–water partition coefficient (Wildman–Crippen LogP) is 5.09. The third-order valence-corrected chi connectivity index (χ3v) is 8.91. The summed E-state index contributed by atoms with van der Waals surface area (Å²) < 4.78 is 1.80. The molecule has 3 aromatic rings. The van der Waals surface area contributed by atoms with Crippen LogP contribution in [0.4, 0.5) is 17.2 Å². The molecule has 2 amide bonds. The zero-order valence-electron chi connectivity index (χ0n) is 23.7. The molecule has 0 unspecified atom stereocenters. The lowest BCUT2D eigenvalue weighted by Gasteiger charge is -2.34. The second kappa shape index (κ2) is 11.5. The molecule has 8 nitrogen and oxygen atoms in total. The summed E-state index contributed by atoms with van der Waals surface area (Å²) in [6.07, 6.45) is 10.4. The molecule has 0 bridgehead atoms. The van der Waals surface area contributed by atoms with Crippen molar-refractivity contribution in [3.8, 4) is 0 Å². The topological polar surface area (TPSA) is 82.5 Å². The largest absolute Gasteiger partial charge is 0.343 e. The molecule has 2 fully saturated rings. The first-order chi connectivity index (χ1) is 19.5. The molecule has 8 heteroatoms. The maximum atomic E-state index is 13.8. The summed E-state index contributed by atoms with van der Waals surface area (Å²) in [6.45, 7) is 4.17. The lowest BCUT2D eigenvalue weighted by atomic mass is 9.99. The van der Waals surface area contributed by atoms with E-state index in [4.69, 9.17) is 0 Å². The van der Waals surface area contributed by atoms with Crippen molar-refractivity contribution in [1.82, 2.24) is 20.0 Å². The second-order valence-electron chi connectivity index (χ2n) is 11.6. The number of aromatic nitrogens is 2. The Morgan fingerprint density at radius 3 is 2.55 bits per heavy atom. The number of aryl methyl sites for hydroxylation is 3. The van der Waals surface area contributed by atoms with Gasteiger partial charge in [0.15, 0.2) is 0 Å². The lowest BCUT2D eigenvalue weighted by Crippen LogP contribution is -2.47. The fraction of sp³-hybridized carbons (Fsp3) is 0.469. The number of likely N-dealkylation sites (tertiary alicyclic amines) is 1. The van der Waals surface area contributed by atoms with Crippen molar-refractivity contribution >= 4 is 29.0 Å². The number of carbonyl (C=O) groups excluding carboxylic acids is 2. The molecule has 1 aliphatic carbocycles. The Balaban J connectivity index is 1.08. The maximum absolute atomic E-state index is 13.8. The van der Waals surface area contributed by atoms with Gasteiger partial charge in [-0.25, -0.2) is 0 Å². The van der Waals surface area contributed by atoms with Gasteiger partial charge in [-0.2, -0.15) is 5.10 Å². The van der Waals surface area contributed by atoms with Gasteiger partial charge >= 0.3 is 0 Å². The number of nitrogens with one attached hydrogen (secondary N) is 2. The van der Waals surface area contributed by atoms with E-state index < -0.39 is 0 Å². The van der Waals surface area contributed by atoms with Gasteiger partial charge in [-0.3, -0.25) is 14.3 Å². The third-order valence-electron chi connectivity index (χ3n) is 8.91. The number of amides is 2. The molecule has 0 atom stereocenters. The summed E-state index contributed by atoms with van der Waals surface area (Å²) in [5, 5.41) is 11.6. The molecule has 1 saturated heterocycles. The van der Waals surface area contributed by atoms with Crippen LogP contribution in [0.1, 0.15) is 72.0 Å². The Morgan fingerprint density at radius 1 is 1.02 bits per heavy atom. The van der Waals surface area contributed by atoms with Crippen molar-refractivity contribution in [1.29, 1.82) is 0 Å². The minimum absolute atomic E-state index is 0.0502. The quantitative estimate of drug-likeness (QED) is 0.455. The van der Waals surface area contributed by atoms with Crippen LogP contribution in [0.3, 0.4) is 0 Å². The van der Waals surface area contributed by atoms with Crippen LogP contribution in [-0.4, -0.2) is 51.7 Å². The van der Waals surface area contributed by atoms with E-state index in [-0.39, 0.29) is 11.8 Å². The molecule has 3 aliphatic rings. The standard InChI is InChI=1S/C32H40N6O2/c1-22-19-24(32(40)38-21-25-20-33-36(2)31(25)35-28-9-5-6-10-29(28)38)12-11-23(22)13-14-30(39)37-17-15-27(16-18-37)34-26-7-3-4-8-26/h5-6,9-12,19-20,26-27,34-35H,3-4,7-8,13-18,21H2,1-2H3. The van der Waals surface area contributed by atoms with Gasteiger partial charge in [-0.1, -0.05) is 31.0 Å². The molecule has 0 spiro atoms. The molecular formula is C32H40N6O2. The lowest BCUT2D eigenvalue weighted by molar-refractivity contribution is -0.132. The van der Waals surface area contributed by atoms with Gasteiger partial charge in [0, 0.05) is 49.8 Å². The van der Waals surface area contributed by atoms with Crippen LogP contribution in [0.5, 0.6) is 0 Å². The van der Waals surface area contributed by atoms with Crippen LogP contribution in [0.2, 0.25) is 0 Å². The number of benzene rings is 2. The number of rotatable bonds is 6. The number of anilines is 3. The normalized spacial score (nSPS) is 17.8. The minimum Gasteiger partial charge on any atom is -0.343 e. The molecule has 6 rings (SSSR count). The Hall–Kier alpha value is -3.65. The van der Waals surface area contributed by atoms with E-state index in [9.17, 15) is 9.59 Å². The average Bonchev–Trinajstić information content (AvgIpc) is 3.56. The molecular weight excluding hydrogens is 500 g/mol. The second-order valence-corrected chi connectivity index (χ2v) is 11.6. The van der Waals surface area contributed by atoms with Crippen molar-refractivity contribution in [3.05, 3.63) is 70.9 Å². The van der Waals surface area contributed by atoms with Gasteiger partial charge in [0.2, 0.25) is 5.91 Å². The smallest absolute Gasteiger partial charge is 0.258 e. The van der Waals surface area contributed by atoms with E-state index in [0.29, 0.717) is 37.0 Å². The van der Waals surface area contributed by atoms with Crippen LogP contribution in [0.15, 0.2) is 48.7 Å². The van der Waals surface area contributed by atoms with Gasteiger partial charge in [-0.05, 0) is 74.4 Å². The van der Waals surface area contributed by atoms with E-state index in [0.717, 1.165) is 59.8 Å². The highest BCUT2D eigenvalue weighted by molar-refractivity contribution is 6.08. The zero-order chi connectivity index (χ0) is 27.6. The van der Waals surface area contributed by atoms with Gasteiger partial charge in [0.25, 0.3) is 5.91 Å². The third kappa shape index (κ3) is 5.50.